The molecule has 0 spiro atoms. The van der Waals surface area contributed by atoms with Gasteiger partial charge in [0, 0.05) is 20.6 Å². The van der Waals surface area contributed by atoms with Crippen LogP contribution >= 0.6 is 33.9 Å². The number of rotatable bonds is 5. The van der Waals surface area contributed by atoms with Crippen molar-refractivity contribution in [3.63, 3.8) is 0 Å². The minimum absolute atomic E-state index is 0.241. The first-order valence-electron chi connectivity index (χ1n) is 7.23. The van der Waals surface area contributed by atoms with Crippen LogP contribution in [0.4, 0.5) is 0 Å². The van der Waals surface area contributed by atoms with E-state index in [1.165, 1.54) is 11.3 Å². The standard InChI is InChI=1S/C17H15IN2O2S2/c1-12-16(23-17(20-12)13-5-3-2-4-6-13)11-19-24(21,22)15-9-7-14(18)8-10-15/h2-10,19H,11H2,1H3. The predicted octanol–water partition coefficient (Wildman–Crippen LogP) is 4.20. The average molecular weight is 470 g/mol. The van der Waals surface area contributed by atoms with E-state index in [2.05, 4.69) is 32.3 Å². The van der Waals surface area contributed by atoms with Gasteiger partial charge in [0.05, 0.1) is 10.6 Å². The topological polar surface area (TPSA) is 59.1 Å². The van der Waals surface area contributed by atoms with E-state index in [0.29, 0.717) is 0 Å². The Hall–Kier alpha value is -1.29. The smallest absolute Gasteiger partial charge is 0.240 e. The largest absolute Gasteiger partial charge is 0.241 e. The lowest BCUT2D eigenvalue weighted by atomic mass is 10.2. The van der Waals surface area contributed by atoms with Crippen LogP contribution in [0.1, 0.15) is 10.6 Å². The van der Waals surface area contributed by atoms with Crippen LogP contribution in [-0.2, 0) is 16.6 Å². The summed E-state index contributed by atoms with van der Waals surface area (Å²) in [5, 5.41) is 0.900. The van der Waals surface area contributed by atoms with Gasteiger partial charge in [-0.1, -0.05) is 30.3 Å². The molecule has 0 amide bonds. The molecular weight excluding hydrogens is 455 g/mol. The summed E-state index contributed by atoms with van der Waals surface area (Å²) in [5.41, 5.74) is 1.89. The van der Waals surface area contributed by atoms with Crippen LogP contribution in [-0.4, -0.2) is 13.4 Å². The summed E-state index contributed by atoms with van der Waals surface area (Å²) in [6, 6.07) is 16.7. The molecule has 0 fully saturated rings. The third-order valence-electron chi connectivity index (χ3n) is 3.46. The van der Waals surface area contributed by atoms with Crippen LogP contribution in [0.3, 0.4) is 0 Å². The number of thiazole rings is 1. The first-order valence-corrected chi connectivity index (χ1v) is 10.6. The first-order chi connectivity index (χ1) is 11.5. The maximum absolute atomic E-state index is 12.4. The third-order valence-corrected chi connectivity index (χ3v) is 6.80. The summed E-state index contributed by atoms with van der Waals surface area (Å²) in [7, 11) is -3.52. The van der Waals surface area contributed by atoms with Gasteiger partial charge in [0.2, 0.25) is 10.0 Å². The molecule has 0 bridgehead atoms. The van der Waals surface area contributed by atoms with Crippen molar-refractivity contribution in [3.05, 3.63) is 68.7 Å². The number of aromatic nitrogens is 1. The molecule has 0 aliphatic rings. The number of hydrogen-bond acceptors (Lipinski definition) is 4. The molecule has 3 rings (SSSR count). The zero-order valence-corrected chi connectivity index (χ0v) is 16.7. The fourth-order valence-electron chi connectivity index (χ4n) is 2.15. The van der Waals surface area contributed by atoms with E-state index in [1.54, 1.807) is 24.3 Å². The molecule has 1 N–H and O–H groups in total. The first kappa shape index (κ1) is 17.5. The van der Waals surface area contributed by atoms with Crippen molar-refractivity contribution >= 4 is 44.0 Å². The molecule has 124 valence electrons. The van der Waals surface area contributed by atoms with Crippen LogP contribution in [0.25, 0.3) is 10.6 Å². The molecule has 1 heterocycles. The minimum atomic E-state index is -3.52. The Morgan fingerprint density at radius 3 is 2.42 bits per heavy atom. The molecule has 3 aromatic rings. The lowest BCUT2D eigenvalue weighted by Gasteiger charge is -2.06. The van der Waals surface area contributed by atoms with Gasteiger partial charge < -0.3 is 0 Å². The second-order valence-electron chi connectivity index (χ2n) is 5.17. The highest BCUT2D eigenvalue weighted by Crippen LogP contribution is 2.27. The summed E-state index contributed by atoms with van der Waals surface area (Å²) in [6.45, 7) is 2.14. The van der Waals surface area contributed by atoms with E-state index in [0.717, 1.165) is 24.7 Å². The summed E-state index contributed by atoms with van der Waals surface area (Å²) in [5.74, 6) is 0. The molecule has 1 aromatic heterocycles. The molecule has 0 aliphatic carbocycles. The highest BCUT2D eigenvalue weighted by molar-refractivity contribution is 14.1. The number of benzene rings is 2. The van der Waals surface area contributed by atoms with E-state index in [1.807, 2.05) is 37.3 Å². The van der Waals surface area contributed by atoms with Gasteiger partial charge in [0.1, 0.15) is 5.01 Å². The Labute approximate surface area is 159 Å². The highest BCUT2D eigenvalue weighted by Gasteiger charge is 2.16. The Balaban J connectivity index is 1.77. The van der Waals surface area contributed by atoms with E-state index in [9.17, 15) is 8.42 Å². The Morgan fingerprint density at radius 2 is 1.75 bits per heavy atom. The van der Waals surface area contributed by atoms with Crippen molar-refractivity contribution in [2.24, 2.45) is 0 Å². The normalized spacial score (nSPS) is 11.6. The SMILES string of the molecule is Cc1nc(-c2ccccc2)sc1CNS(=O)(=O)c1ccc(I)cc1. The van der Waals surface area contributed by atoms with Gasteiger partial charge in [0.25, 0.3) is 0 Å². The van der Waals surface area contributed by atoms with E-state index in [-0.39, 0.29) is 11.4 Å². The van der Waals surface area contributed by atoms with Gasteiger partial charge in [-0.15, -0.1) is 11.3 Å². The summed E-state index contributed by atoms with van der Waals surface area (Å²) >= 11 is 3.66. The molecule has 0 saturated heterocycles. The number of hydrogen-bond donors (Lipinski definition) is 1. The lowest BCUT2D eigenvalue weighted by molar-refractivity contribution is 0.581. The quantitative estimate of drug-likeness (QED) is 0.569. The summed E-state index contributed by atoms with van der Waals surface area (Å²) in [6.07, 6.45) is 0. The number of aryl methyl sites for hydroxylation is 1. The van der Waals surface area contributed by atoms with Crippen LogP contribution in [0.5, 0.6) is 0 Å². The summed E-state index contributed by atoms with van der Waals surface area (Å²) in [4.78, 5) is 5.74. The Bertz CT molecular complexity index is 936. The lowest BCUT2D eigenvalue weighted by Crippen LogP contribution is -2.23. The minimum Gasteiger partial charge on any atom is -0.241 e. The molecule has 0 saturated carbocycles. The highest BCUT2D eigenvalue weighted by atomic mass is 127. The van der Waals surface area contributed by atoms with Crippen LogP contribution in [0, 0.1) is 10.5 Å². The molecular formula is C17H15IN2O2S2. The second kappa shape index (κ2) is 7.30. The molecule has 0 atom stereocenters. The fourth-order valence-corrected chi connectivity index (χ4v) is 4.61. The third kappa shape index (κ3) is 4.02. The van der Waals surface area contributed by atoms with Crippen LogP contribution in [0.15, 0.2) is 59.5 Å². The molecule has 7 heteroatoms. The number of halogens is 1. The molecule has 0 aliphatic heterocycles. The predicted molar refractivity (Wildman–Crippen MR) is 105 cm³/mol. The molecule has 4 nitrogen and oxygen atoms in total. The number of nitrogens with zero attached hydrogens (tertiary/aromatic N) is 1. The van der Waals surface area contributed by atoms with E-state index < -0.39 is 10.0 Å². The molecule has 0 radical (unpaired) electrons. The van der Waals surface area contributed by atoms with Gasteiger partial charge in [-0.05, 0) is 53.8 Å². The van der Waals surface area contributed by atoms with Gasteiger partial charge >= 0.3 is 0 Å². The monoisotopic (exact) mass is 470 g/mol. The van der Waals surface area contributed by atoms with Gasteiger partial charge in [-0.25, -0.2) is 18.1 Å². The average Bonchev–Trinajstić information content (AvgIpc) is 2.95. The van der Waals surface area contributed by atoms with Crippen molar-refractivity contribution in [1.82, 2.24) is 9.71 Å². The van der Waals surface area contributed by atoms with E-state index in [4.69, 9.17) is 0 Å². The Kier molecular flexibility index (Phi) is 5.33. The van der Waals surface area contributed by atoms with Gasteiger partial charge in [0.15, 0.2) is 0 Å². The van der Waals surface area contributed by atoms with E-state index >= 15 is 0 Å². The van der Waals surface area contributed by atoms with Crippen LogP contribution in [0.2, 0.25) is 0 Å². The zero-order chi connectivity index (χ0) is 17.2. The second-order valence-corrected chi connectivity index (χ2v) is 9.27. The van der Waals surface area contributed by atoms with Crippen molar-refractivity contribution in [2.75, 3.05) is 0 Å². The van der Waals surface area contributed by atoms with Crippen molar-refractivity contribution in [2.45, 2.75) is 18.4 Å². The van der Waals surface area contributed by atoms with Gasteiger partial charge in [-0.3, -0.25) is 0 Å². The maximum atomic E-state index is 12.4. The van der Waals surface area contributed by atoms with Crippen LogP contribution < -0.4 is 4.72 Å². The number of nitrogens with one attached hydrogen (secondary N) is 1. The summed E-state index contributed by atoms with van der Waals surface area (Å²) < 4.78 is 28.4. The molecule has 2 aromatic carbocycles. The Morgan fingerprint density at radius 1 is 1.08 bits per heavy atom. The van der Waals surface area contributed by atoms with Crippen molar-refractivity contribution in [1.29, 1.82) is 0 Å². The van der Waals surface area contributed by atoms with Gasteiger partial charge in [-0.2, -0.15) is 0 Å². The van der Waals surface area contributed by atoms with Crippen molar-refractivity contribution < 1.29 is 8.42 Å². The number of sulfonamides is 1. The van der Waals surface area contributed by atoms with Crippen molar-refractivity contribution in [3.8, 4) is 10.6 Å². The molecule has 24 heavy (non-hydrogen) atoms. The molecule has 0 unspecified atom stereocenters. The zero-order valence-electron chi connectivity index (χ0n) is 12.9. The maximum Gasteiger partial charge on any atom is 0.240 e. The fraction of sp³-hybridized carbons (Fsp3) is 0.118.